The average molecular weight is 425 g/mol. The summed E-state index contributed by atoms with van der Waals surface area (Å²) < 4.78 is 17.0. The van der Waals surface area contributed by atoms with Crippen molar-refractivity contribution < 1.29 is 19.0 Å². The first kappa shape index (κ1) is 21.7. The molecule has 31 heavy (non-hydrogen) atoms. The van der Waals surface area contributed by atoms with Crippen molar-refractivity contribution in [3.8, 4) is 11.5 Å². The number of carbonyl (C=O) groups is 1. The summed E-state index contributed by atoms with van der Waals surface area (Å²) >= 11 is 0. The molecule has 0 atom stereocenters. The highest BCUT2D eigenvalue weighted by atomic mass is 16.5. The molecule has 0 N–H and O–H groups in total. The second-order valence-corrected chi connectivity index (χ2v) is 8.25. The van der Waals surface area contributed by atoms with Crippen LogP contribution in [0.5, 0.6) is 11.5 Å². The molecule has 1 saturated carbocycles. The Bertz CT molecular complexity index is 848. The molecule has 2 aliphatic rings. The summed E-state index contributed by atoms with van der Waals surface area (Å²) in [7, 11) is 1.65. The van der Waals surface area contributed by atoms with Crippen LogP contribution in [0.25, 0.3) is 0 Å². The fourth-order valence-electron chi connectivity index (χ4n) is 3.83. The smallest absolute Gasteiger partial charge is 0.226 e. The van der Waals surface area contributed by atoms with E-state index in [1.165, 1.54) is 0 Å². The Morgan fingerprint density at radius 1 is 1.06 bits per heavy atom. The van der Waals surface area contributed by atoms with Crippen LogP contribution >= 0.6 is 0 Å². The van der Waals surface area contributed by atoms with Gasteiger partial charge in [0.05, 0.1) is 20.3 Å². The van der Waals surface area contributed by atoms with Crippen LogP contribution in [0.2, 0.25) is 0 Å². The summed E-state index contributed by atoms with van der Waals surface area (Å²) in [5, 5.41) is 0. The molecular weight excluding hydrogens is 392 g/mol. The van der Waals surface area contributed by atoms with Gasteiger partial charge in [0.15, 0.2) is 11.5 Å². The van der Waals surface area contributed by atoms with Gasteiger partial charge in [0.25, 0.3) is 0 Å². The minimum Gasteiger partial charge on any atom is -0.493 e. The van der Waals surface area contributed by atoms with Crippen molar-refractivity contribution in [2.24, 2.45) is 5.92 Å². The fourth-order valence-corrected chi connectivity index (χ4v) is 3.83. The van der Waals surface area contributed by atoms with Gasteiger partial charge in [-0.3, -0.25) is 9.69 Å². The van der Waals surface area contributed by atoms with E-state index in [1.807, 2.05) is 53.4 Å². The second-order valence-electron chi connectivity index (χ2n) is 8.25. The topological polar surface area (TPSA) is 51.2 Å². The highest BCUT2D eigenvalue weighted by Crippen LogP contribution is 2.33. The Kier molecular flexibility index (Phi) is 7.43. The highest BCUT2D eigenvalue weighted by molar-refractivity contribution is 5.81. The van der Waals surface area contributed by atoms with Crippen molar-refractivity contribution in [3.05, 3.63) is 59.7 Å². The summed E-state index contributed by atoms with van der Waals surface area (Å²) in [6.07, 6.45) is 2.03. The Morgan fingerprint density at radius 2 is 1.84 bits per heavy atom. The summed E-state index contributed by atoms with van der Waals surface area (Å²) in [6.45, 7) is 6.11. The number of amides is 1. The van der Waals surface area contributed by atoms with E-state index in [-0.39, 0.29) is 11.8 Å². The zero-order valence-corrected chi connectivity index (χ0v) is 18.3. The van der Waals surface area contributed by atoms with Crippen molar-refractivity contribution >= 4 is 5.91 Å². The Morgan fingerprint density at radius 3 is 2.55 bits per heavy atom. The van der Waals surface area contributed by atoms with Crippen LogP contribution in [0.15, 0.2) is 48.5 Å². The molecule has 0 radical (unpaired) electrons. The van der Waals surface area contributed by atoms with Crippen molar-refractivity contribution in [1.29, 1.82) is 0 Å². The number of hydrogen-bond donors (Lipinski definition) is 0. The van der Waals surface area contributed by atoms with Gasteiger partial charge in [-0.05, 0) is 36.1 Å². The van der Waals surface area contributed by atoms with Crippen LogP contribution in [0.1, 0.15) is 24.0 Å². The van der Waals surface area contributed by atoms with Crippen molar-refractivity contribution in [2.75, 3.05) is 46.5 Å². The molecule has 1 aliphatic heterocycles. The largest absolute Gasteiger partial charge is 0.493 e. The SMILES string of the molecule is COc1ccc(CN(CCN2CCOCC2)C(=O)C2CC2)cc1OCc1ccccc1. The number of benzene rings is 2. The molecule has 1 amide bonds. The lowest BCUT2D eigenvalue weighted by molar-refractivity contribution is -0.133. The molecule has 0 aromatic heterocycles. The van der Waals surface area contributed by atoms with E-state index in [4.69, 9.17) is 14.2 Å². The average Bonchev–Trinajstić information content (AvgIpc) is 3.67. The van der Waals surface area contributed by atoms with Gasteiger partial charge in [-0.25, -0.2) is 0 Å². The molecule has 0 spiro atoms. The number of morpholine rings is 1. The molecule has 166 valence electrons. The monoisotopic (exact) mass is 424 g/mol. The van der Waals surface area contributed by atoms with Crippen molar-refractivity contribution in [3.63, 3.8) is 0 Å². The van der Waals surface area contributed by atoms with Gasteiger partial charge in [-0.1, -0.05) is 36.4 Å². The maximum Gasteiger partial charge on any atom is 0.226 e. The lowest BCUT2D eigenvalue weighted by Crippen LogP contribution is -2.43. The predicted octanol–water partition coefficient (Wildman–Crippen LogP) is 3.35. The van der Waals surface area contributed by atoms with E-state index in [1.54, 1.807) is 7.11 Å². The normalized spacial score (nSPS) is 16.7. The van der Waals surface area contributed by atoms with Gasteiger partial charge in [0.1, 0.15) is 6.61 Å². The minimum atomic E-state index is 0.205. The number of ether oxygens (including phenoxy) is 3. The van der Waals surface area contributed by atoms with Crippen LogP contribution in [-0.2, 0) is 22.7 Å². The first-order valence-corrected chi connectivity index (χ1v) is 11.2. The zero-order valence-electron chi connectivity index (χ0n) is 18.3. The molecule has 1 heterocycles. The summed E-state index contributed by atoms with van der Waals surface area (Å²) in [5.74, 6) is 1.89. The molecular formula is C25H32N2O4. The van der Waals surface area contributed by atoms with E-state index < -0.39 is 0 Å². The zero-order chi connectivity index (χ0) is 21.5. The number of methoxy groups -OCH3 is 1. The van der Waals surface area contributed by atoms with Gasteiger partial charge in [-0.2, -0.15) is 0 Å². The van der Waals surface area contributed by atoms with E-state index in [0.717, 1.165) is 63.4 Å². The fraction of sp³-hybridized carbons (Fsp3) is 0.480. The number of hydrogen-bond acceptors (Lipinski definition) is 5. The summed E-state index contributed by atoms with van der Waals surface area (Å²) in [4.78, 5) is 17.3. The molecule has 0 bridgehead atoms. The van der Waals surface area contributed by atoms with Gasteiger partial charge >= 0.3 is 0 Å². The van der Waals surface area contributed by atoms with E-state index in [9.17, 15) is 4.79 Å². The molecule has 1 saturated heterocycles. The Hall–Kier alpha value is -2.57. The molecule has 2 aromatic carbocycles. The molecule has 2 aromatic rings. The third kappa shape index (κ3) is 6.21. The van der Waals surface area contributed by atoms with Crippen molar-refractivity contribution in [1.82, 2.24) is 9.80 Å². The van der Waals surface area contributed by atoms with Crippen LogP contribution in [0.4, 0.5) is 0 Å². The van der Waals surface area contributed by atoms with E-state index >= 15 is 0 Å². The maximum absolute atomic E-state index is 12.9. The number of nitrogens with zero attached hydrogens (tertiary/aromatic N) is 2. The highest BCUT2D eigenvalue weighted by Gasteiger charge is 2.33. The Balaban J connectivity index is 1.43. The number of carbonyl (C=O) groups excluding carboxylic acids is 1. The Labute approximate surface area is 184 Å². The molecule has 6 heteroatoms. The first-order chi connectivity index (χ1) is 15.2. The molecule has 0 unspecified atom stereocenters. The van der Waals surface area contributed by atoms with E-state index in [0.29, 0.717) is 24.7 Å². The standard InChI is InChI=1S/C25H32N2O4/c1-29-23-10-7-21(17-24(23)31-19-20-5-3-2-4-6-20)18-27(25(28)22-8-9-22)12-11-26-13-15-30-16-14-26/h2-7,10,17,22H,8-9,11-16,18-19H2,1H3. The van der Waals surface area contributed by atoms with Crippen LogP contribution < -0.4 is 9.47 Å². The molecule has 1 aliphatic carbocycles. The van der Waals surface area contributed by atoms with Gasteiger partial charge in [-0.15, -0.1) is 0 Å². The van der Waals surface area contributed by atoms with Crippen LogP contribution in [0.3, 0.4) is 0 Å². The maximum atomic E-state index is 12.9. The third-order valence-corrected chi connectivity index (χ3v) is 5.87. The predicted molar refractivity (Wildman–Crippen MR) is 119 cm³/mol. The third-order valence-electron chi connectivity index (χ3n) is 5.87. The van der Waals surface area contributed by atoms with Crippen molar-refractivity contribution in [2.45, 2.75) is 26.0 Å². The van der Waals surface area contributed by atoms with Gasteiger partial charge in [0, 0.05) is 38.6 Å². The lowest BCUT2D eigenvalue weighted by Gasteiger charge is -2.30. The first-order valence-electron chi connectivity index (χ1n) is 11.2. The summed E-state index contributed by atoms with van der Waals surface area (Å²) in [5.41, 5.74) is 2.16. The van der Waals surface area contributed by atoms with Crippen LogP contribution in [-0.4, -0.2) is 62.2 Å². The second kappa shape index (κ2) is 10.6. The van der Waals surface area contributed by atoms with Gasteiger partial charge in [0.2, 0.25) is 5.91 Å². The van der Waals surface area contributed by atoms with E-state index in [2.05, 4.69) is 4.90 Å². The lowest BCUT2D eigenvalue weighted by atomic mass is 10.1. The quantitative estimate of drug-likeness (QED) is 0.586. The van der Waals surface area contributed by atoms with Gasteiger partial charge < -0.3 is 19.1 Å². The molecule has 6 nitrogen and oxygen atoms in total. The van der Waals surface area contributed by atoms with Crippen LogP contribution in [0, 0.1) is 5.92 Å². The molecule has 4 rings (SSSR count). The summed E-state index contributed by atoms with van der Waals surface area (Å²) in [6, 6.07) is 16.0. The number of rotatable bonds is 10. The minimum absolute atomic E-state index is 0.205. The molecule has 2 fully saturated rings.